The molecule has 0 saturated carbocycles. The van der Waals surface area contributed by atoms with Crippen LogP contribution in [0.3, 0.4) is 0 Å². The fraction of sp³-hybridized carbons (Fsp3) is 0.533. The van der Waals surface area contributed by atoms with E-state index >= 15 is 0 Å². The van der Waals surface area contributed by atoms with Gasteiger partial charge in [-0.1, -0.05) is 26.0 Å². The van der Waals surface area contributed by atoms with E-state index < -0.39 is 6.10 Å². The summed E-state index contributed by atoms with van der Waals surface area (Å²) in [5, 5.41) is 2.87. The quantitative estimate of drug-likeness (QED) is 0.841. The third-order valence-electron chi connectivity index (χ3n) is 2.70. The van der Waals surface area contributed by atoms with Crippen LogP contribution in [-0.2, 0) is 11.2 Å². The number of carbonyl (C=O) groups excluding carboxylic acids is 1. The summed E-state index contributed by atoms with van der Waals surface area (Å²) in [6.45, 7) is 7.95. The molecule has 3 nitrogen and oxygen atoms in total. The van der Waals surface area contributed by atoms with E-state index in [0.29, 0.717) is 6.42 Å². The fourth-order valence-corrected chi connectivity index (χ4v) is 1.67. The van der Waals surface area contributed by atoms with Gasteiger partial charge in [0.1, 0.15) is 5.75 Å². The molecule has 18 heavy (non-hydrogen) atoms. The van der Waals surface area contributed by atoms with Crippen LogP contribution < -0.4 is 10.1 Å². The molecule has 0 fully saturated rings. The molecule has 0 heterocycles. The largest absolute Gasteiger partial charge is 0.481 e. The average molecular weight is 249 g/mol. The molecular weight excluding hydrogens is 226 g/mol. The zero-order valence-corrected chi connectivity index (χ0v) is 11.7. The van der Waals surface area contributed by atoms with Crippen LogP contribution in [0.5, 0.6) is 5.75 Å². The molecule has 0 aliphatic heterocycles. The lowest BCUT2D eigenvalue weighted by molar-refractivity contribution is -0.128. The molecule has 100 valence electrons. The number of hydrogen-bond acceptors (Lipinski definition) is 2. The van der Waals surface area contributed by atoms with Gasteiger partial charge in [-0.05, 0) is 44.4 Å². The van der Waals surface area contributed by atoms with Crippen molar-refractivity contribution in [3.63, 3.8) is 0 Å². The monoisotopic (exact) mass is 249 g/mol. The SMILES string of the molecule is CCc1ccc(OC(CC)C(=O)NC(C)C)cc1. The first-order valence-electron chi connectivity index (χ1n) is 6.62. The van der Waals surface area contributed by atoms with Crippen molar-refractivity contribution in [1.29, 1.82) is 0 Å². The first kappa shape index (κ1) is 14.6. The van der Waals surface area contributed by atoms with Crippen molar-refractivity contribution in [2.75, 3.05) is 0 Å². The van der Waals surface area contributed by atoms with Gasteiger partial charge >= 0.3 is 0 Å². The smallest absolute Gasteiger partial charge is 0.261 e. The second kappa shape index (κ2) is 7.04. The number of nitrogens with one attached hydrogen (secondary N) is 1. The average Bonchev–Trinajstić information content (AvgIpc) is 2.35. The van der Waals surface area contributed by atoms with Crippen LogP contribution in [0.2, 0.25) is 0 Å². The van der Waals surface area contributed by atoms with Crippen molar-refractivity contribution in [1.82, 2.24) is 5.32 Å². The van der Waals surface area contributed by atoms with E-state index in [1.807, 2.05) is 45.0 Å². The summed E-state index contributed by atoms with van der Waals surface area (Å²) in [4.78, 5) is 11.9. The van der Waals surface area contributed by atoms with Crippen LogP contribution in [0.4, 0.5) is 0 Å². The van der Waals surface area contributed by atoms with Gasteiger partial charge in [-0.25, -0.2) is 0 Å². The summed E-state index contributed by atoms with van der Waals surface area (Å²) in [6.07, 6.45) is 1.25. The lowest BCUT2D eigenvalue weighted by atomic mass is 10.1. The maximum Gasteiger partial charge on any atom is 0.261 e. The normalized spacial score (nSPS) is 12.3. The van der Waals surface area contributed by atoms with Gasteiger partial charge in [0, 0.05) is 6.04 Å². The molecule has 1 aromatic carbocycles. The first-order valence-corrected chi connectivity index (χ1v) is 6.62. The number of benzene rings is 1. The lowest BCUT2D eigenvalue weighted by Gasteiger charge is -2.18. The molecule has 1 atom stereocenters. The zero-order valence-electron chi connectivity index (χ0n) is 11.7. The first-order chi connectivity index (χ1) is 8.56. The van der Waals surface area contributed by atoms with E-state index in [2.05, 4.69) is 12.2 Å². The van der Waals surface area contributed by atoms with Crippen LogP contribution in [0, 0.1) is 0 Å². The summed E-state index contributed by atoms with van der Waals surface area (Å²) in [6, 6.07) is 8.04. The standard InChI is InChI=1S/C15H23NO2/c1-5-12-7-9-13(10-8-12)18-14(6-2)15(17)16-11(3)4/h7-11,14H,5-6H2,1-4H3,(H,16,17). The van der Waals surface area contributed by atoms with Gasteiger partial charge in [-0.3, -0.25) is 4.79 Å². The predicted molar refractivity (Wildman–Crippen MR) is 73.8 cm³/mol. The Bertz CT molecular complexity index is 371. The highest BCUT2D eigenvalue weighted by Crippen LogP contribution is 2.15. The van der Waals surface area contributed by atoms with Crippen molar-refractivity contribution < 1.29 is 9.53 Å². The Balaban J connectivity index is 2.64. The van der Waals surface area contributed by atoms with Crippen molar-refractivity contribution in [3.8, 4) is 5.75 Å². The van der Waals surface area contributed by atoms with Crippen LogP contribution in [0.1, 0.15) is 39.7 Å². The van der Waals surface area contributed by atoms with E-state index in [1.54, 1.807) is 0 Å². The van der Waals surface area contributed by atoms with Gasteiger partial charge in [0.15, 0.2) is 6.10 Å². The molecule has 1 N–H and O–H groups in total. The molecule has 0 aromatic heterocycles. The molecule has 0 radical (unpaired) electrons. The number of rotatable bonds is 6. The molecule has 1 rings (SSSR count). The maximum atomic E-state index is 11.9. The highest BCUT2D eigenvalue weighted by atomic mass is 16.5. The molecule has 0 spiro atoms. The Morgan fingerprint density at radius 1 is 1.22 bits per heavy atom. The van der Waals surface area contributed by atoms with Gasteiger partial charge < -0.3 is 10.1 Å². The molecule has 0 bridgehead atoms. The van der Waals surface area contributed by atoms with Crippen LogP contribution in [0.25, 0.3) is 0 Å². The number of ether oxygens (including phenoxy) is 1. The van der Waals surface area contributed by atoms with E-state index in [9.17, 15) is 4.79 Å². The third kappa shape index (κ3) is 4.40. The molecule has 1 unspecified atom stereocenters. The van der Waals surface area contributed by atoms with E-state index in [4.69, 9.17) is 4.74 Å². The summed E-state index contributed by atoms with van der Waals surface area (Å²) in [5.41, 5.74) is 1.27. The van der Waals surface area contributed by atoms with E-state index in [-0.39, 0.29) is 11.9 Å². The topological polar surface area (TPSA) is 38.3 Å². The van der Waals surface area contributed by atoms with Gasteiger partial charge in [0.05, 0.1) is 0 Å². The third-order valence-corrected chi connectivity index (χ3v) is 2.70. The van der Waals surface area contributed by atoms with Crippen LogP contribution in [0.15, 0.2) is 24.3 Å². The molecule has 0 aliphatic carbocycles. The Kier molecular flexibility index (Phi) is 5.69. The molecular formula is C15H23NO2. The molecule has 1 aromatic rings. The van der Waals surface area contributed by atoms with Crippen molar-refractivity contribution in [2.45, 2.75) is 52.7 Å². The van der Waals surface area contributed by atoms with Crippen molar-refractivity contribution in [2.24, 2.45) is 0 Å². The Morgan fingerprint density at radius 2 is 1.83 bits per heavy atom. The summed E-state index contributed by atoms with van der Waals surface area (Å²) < 4.78 is 5.71. The van der Waals surface area contributed by atoms with E-state index in [0.717, 1.165) is 12.2 Å². The molecule has 3 heteroatoms. The Hall–Kier alpha value is -1.51. The van der Waals surface area contributed by atoms with Crippen molar-refractivity contribution >= 4 is 5.91 Å². The number of amides is 1. The lowest BCUT2D eigenvalue weighted by Crippen LogP contribution is -2.41. The molecule has 1 amide bonds. The summed E-state index contributed by atoms with van der Waals surface area (Å²) >= 11 is 0. The maximum absolute atomic E-state index is 11.9. The predicted octanol–water partition coefficient (Wildman–Crippen LogP) is 2.93. The van der Waals surface area contributed by atoms with E-state index in [1.165, 1.54) is 5.56 Å². The van der Waals surface area contributed by atoms with Crippen LogP contribution in [-0.4, -0.2) is 18.1 Å². The van der Waals surface area contributed by atoms with Gasteiger partial charge in [0.25, 0.3) is 5.91 Å². The molecule has 0 saturated heterocycles. The van der Waals surface area contributed by atoms with Gasteiger partial charge in [-0.2, -0.15) is 0 Å². The fourth-order valence-electron chi connectivity index (χ4n) is 1.67. The second-order valence-electron chi connectivity index (χ2n) is 4.68. The number of hydrogen-bond donors (Lipinski definition) is 1. The number of carbonyl (C=O) groups is 1. The van der Waals surface area contributed by atoms with Gasteiger partial charge in [0.2, 0.25) is 0 Å². The summed E-state index contributed by atoms with van der Waals surface area (Å²) in [7, 11) is 0. The Labute approximate surface area is 110 Å². The summed E-state index contributed by atoms with van der Waals surface area (Å²) in [5.74, 6) is 0.699. The zero-order chi connectivity index (χ0) is 13.5. The minimum Gasteiger partial charge on any atom is -0.481 e. The molecule has 0 aliphatic rings. The van der Waals surface area contributed by atoms with Gasteiger partial charge in [-0.15, -0.1) is 0 Å². The highest BCUT2D eigenvalue weighted by molar-refractivity contribution is 5.81. The second-order valence-corrected chi connectivity index (χ2v) is 4.68. The minimum absolute atomic E-state index is 0.0490. The highest BCUT2D eigenvalue weighted by Gasteiger charge is 2.18. The van der Waals surface area contributed by atoms with Crippen molar-refractivity contribution in [3.05, 3.63) is 29.8 Å². The minimum atomic E-state index is -0.417. The number of aryl methyl sites for hydroxylation is 1. The van der Waals surface area contributed by atoms with Crippen LogP contribution >= 0.6 is 0 Å². The Morgan fingerprint density at radius 3 is 2.28 bits per heavy atom.